The molecular weight excluding hydrogens is 378 g/mol. The first-order valence-corrected chi connectivity index (χ1v) is 9.37. The molecule has 2 aliphatic rings. The molecule has 1 aromatic rings. The van der Waals surface area contributed by atoms with Crippen LogP contribution in [-0.2, 0) is 25.7 Å². The SMILES string of the molecule is CC(=O)NCc1ccc(C(=O)COC(=O)CN2C(=O)N[C@](C)(C3CC3)C2=O)cc1. The monoisotopic (exact) mass is 401 g/mol. The number of esters is 1. The predicted molar refractivity (Wildman–Crippen MR) is 101 cm³/mol. The van der Waals surface area contributed by atoms with Crippen LogP contribution in [0.1, 0.15) is 42.6 Å². The number of urea groups is 1. The molecule has 1 aliphatic heterocycles. The van der Waals surface area contributed by atoms with Gasteiger partial charge in [0.15, 0.2) is 12.4 Å². The molecule has 1 saturated heterocycles. The van der Waals surface area contributed by atoms with Crippen molar-refractivity contribution in [3.05, 3.63) is 35.4 Å². The highest BCUT2D eigenvalue weighted by atomic mass is 16.5. The lowest BCUT2D eigenvalue weighted by Crippen LogP contribution is -2.46. The number of hydrogen-bond donors (Lipinski definition) is 2. The van der Waals surface area contributed by atoms with Gasteiger partial charge in [0.25, 0.3) is 5.91 Å². The summed E-state index contributed by atoms with van der Waals surface area (Å²) in [6.45, 7) is 2.40. The second-order valence-electron chi connectivity index (χ2n) is 7.49. The number of ether oxygens (including phenoxy) is 1. The van der Waals surface area contributed by atoms with E-state index in [1.165, 1.54) is 6.92 Å². The number of carbonyl (C=O) groups is 5. The number of Topliss-reactive ketones (excluding diaryl/α,β-unsaturated/α-hetero) is 1. The van der Waals surface area contributed by atoms with Crippen LogP contribution in [0.3, 0.4) is 0 Å². The van der Waals surface area contributed by atoms with Crippen LogP contribution in [0.25, 0.3) is 0 Å². The summed E-state index contributed by atoms with van der Waals surface area (Å²) in [5.74, 6) is -1.74. The normalized spacial score (nSPS) is 21.0. The number of rotatable bonds is 8. The first-order valence-electron chi connectivity index (χ1n) is 9.37. The van der Waals surface area contributed by atoms with E-state index in [-0.39, 0.29) is 11.8 Å². The molecule has 1 saturated carbocycles. The van der Waals surface area contributed by atoms with Gasteiger partial charge in [-0.25, -0.2) is 4.79 Å². The zero-order valence-corrected chi connectivity index (χ0v) is 16.3. The molecule has 2 fully saturated rings. The van der Waals surface area contributed by atoms with Gasteiger partial charge in [-0.05, 0) is 31.2 Å². The minimum Gasteiger partial charge on any atom is -0.456 e. The number of imide groups is 1. The van der Waals surface area contributed by atoms with E-state index < -0.39 is 42.4 Å². The third-order valence-electron chi connectivity index (χ3n) is 5.16. The summed E-state index contributed by atoms with van der Waals surface area (Å²) in [5.41, 5.74) is 0.207. The van der Waals surface area contributed by atoms with Crippen LogP contribution in [0.4, 0.5) is 4.79 Å². The second kappa shape index (κ2) is 8.02. The van der Waals surface area contributed by atoms with Gasteiger partial charge in [-0.3, -0.25) is 24.1 Å². The summed E-state index contributed by atoms with van der Waals surface area (Å²) in [6.07, 6.45) is 1.72. The summed E-state index contributed by atoms with van der Waals surface area (Å²) >= 11 is 0. The third kappa shape index (κ3) is 4.61. The number of ketones is 1. The Kier molecular flexibility index (Phi) is 5.67. The highest BCUT2D eigenvalue weighted by Crippen LogP contribution is 2.42. The molecule has 1 heterocycles. The maximum Gasteiger partial charge on any atom is 0.326 e. The van der Waals surface area contributed by atoms with Gasteiger partial charge < -0.3 is 15.4 Å². The van der Waals surface area contributed by atoms with Crippen molar-refractivity contribution in [1.29, 1.82) is 0 Å². The van der Waals surface area contributed by atoms with Crippen molar-refractivity contribution < 1.29 is 28.7 Å². The molecule has 29 heavy (non-hydrogen) atoms. The summed E-state index contributed by atoms with van der Waals surface area (Å²) < 4.78 is 4.95. The van der Waals surface area contributed by atoms with Gasteiger partial charge in [0.1, 0.15) is 12.1 Å². The van der Waals surface area contributed by atoms with E-state index >= 15 is 0 Å². The summed E-state index contributed by atoms with van der Waals surface area (Å²) in [4.78, 5) is 60.5. The Bertz CT molecular complexity index is 861. The summed E-state index contributed by atoms with van der Waals surface area (Å²) in [6, 6.07) is 5.91. The molecule has 1 atom stereocenters. The standard InChI is InChI=1S/C20H23N3O6/c1-12(24)21-9-13-3-5-14(6-4-13)16(25)11-29-17(26)10-23-18(27)20(2,15-7-8-15)22-19(23)28/h3-6,15H,7-11H2,1-2H3,(H,21,24)(H,22,28)/t20-/m1/s1. The van der Waals surface area contributed by atoms with Crippen LogP contribution >= 0.6 is 0 Å². The number of amides is 4. The van der Waals surface area contributed by atoms with E-state index in [1.54, 1.807) is 31.2 Å². The first-order chi connectivity index (χ1) is 13.7. The lowest BCUT2D eigenvalue weighted by molar-refractivity contribution is -0.146. The molecule has 9 nitrogen and oxygen atoms in total. The van der Waals surface area contributed by atoms with Crippen LogP contribution in [0.5, 0.6) is 0 Å². The number of hydrogen-bond acceptors (Lipinski definition) is 6. The van der Waals surface area contributed by atoms with Crippen LogP contribution in [-0.4, -0.2) is 53.2 Å². The van der Waals surface area contributed by atoms with E-state index in [9.17, 15) is 24.0 Å². The van der Waals surface area contributed by atoms with Crippen molar-refractivity contribution in [2.45, 2.75) is 38.8 Å². The Hall–Kier alpha value is -3.23. The van der Waals surface area contributed by atoms with Crippen molar-refractivity contribution in [2.24, 2.45) is 5.92 Å². The zero-order valence-electron chi connectivity index (χ0n) is 16.3. The van der Waals surface area contributed by atoms with Gasteiger partial charge in [0.05, 0.1) is 0 Å². The van der Waals surface area contributed by atoms with Crippen molar-refractivity contribution in [3.63, 3.8) is 0 Å². The molecule has 0 spiro atoms. The average molecular weight is 401 g/mol. The van der Waals surface area contributed by atoms with Crippen molar-refractivity contribution >= 4 is 29.6 Å². The van der Waals surface area contributed by atoms with E-state index in [4.69, 9.17) is 4.74 Å². The van der Waals surface area contributed by atoms with Gasteiger partial charge in [0, 0.05) is 19.0 Å². The Balaban J connectivity index is 1.49. The Morgan fingerprint density at radius 2 is 1.86 bits per heavy atom. The van der Waals surface area contributed by atoms with Gasteiger partial charge in [-0.1, -0.05) is 24.3 Å². The number of carbonyl (C=O) groups excluding carboxylic acids is 5. The van der Waals surface area contributed by atoms with Gasteiger partial charge in [0.2, 0.25) is 5.91 Å². The van der Waals surface area contributed by atoms with Crippen molar-refractivity contribution in [2.75, 3.05) is 13.2 Å². The van der Waals surface area contributed by atoms with Gasteiger partial charge >= 0.3 is 12.0 Å². The maximum absolute atomic E-state index is 12.5. The van der Waals surface area contributed by atoms with Gasteiger partial charge in [-0.15, -0.1) is 0 Å². The number of nitrogens with one attached hydrogen (secondary N) is 2. The molecule has 3 rings (SSSR count). The molecule has 1 aromatic carbocycles. The molecular formula is C20H23N3O6. The van der Waals surface area contributed by atoms with Crippen molar-refractivity contribution in [3.8, 4) is 0 Å². The molecule has 2 N–H and O–H groups in total. The highest BCUT2D eigenvalue weighted by molar-refractivity contribution is 6.09. The summed E-state index contributed by atoms with van der Waals surface area (Å²) in [5, 5.41) is 5.30. The lowest BCUT2D eigenvalue weighted by atomic mass is 9.96. The molecule has 0 bridgehead atoms. The van der Waals surface area contributed by atoms with Crippen LogP contribution in [0.2, 0.25) is 0 Å². The largest absolute Gasteiger partial charge is 0.456 e. The minimum atomic E-state index is -0.966. The third-order valence-corrected chi connectivity index (χ3v) is 5.16. The molecule has 1 aliphatic carbocycles. The minimum absolute atomic E-state index is 0.0927. The van der Waals surface area contributed by atoms with Crippen LogP contribution in [0, 0.1) is 5.92 Å². The van der Waals surface area contributed by atoms with Crippen LogP contribution in [0.15, 0.2) is 24.3 Å². The predicted octanol–water partition coefficient (Wildman–Crippen LogP) is 0.769. The molecule has 154 valence electrons. The molecule has 0 aromatic heterocycles. The van der Waals surface area contributed by atoms with Crippen LogP contribution < -0.4 is 10.6 Å². The zero-order chi connectivity index (χ0) is 21.2. The fraction of sp³-hybridized carbons (Fsp3) is 0.450. The smallest absolute Gasteiger partial charge is 0.326 e. The second-order valence-corrected chi connectivity index (χ2v) is 7.49. The molecule has 0 unspecified atom stereocenters. The van der Waals surface area contributed by atoms with E-state index in [0.29, 0.717) is 12.1 Å². The van der Waals surface area contributed by atoms with E-state index in [1.807, 2.05) is 0 Å². The highest BCUT2D eigenvalue weighted by Gasteiger charge is 2.56. The quantitative estimate of drug-likeness (QED) is 0.377. The topological polar surface area (TPSA) is 122 Å². The Morgan fingerprint density at radius 1 is 1.21 bits per heavy atom. The maximum atomic E-state index is 12.5. The van der Waals surface area contributed by atoms with E-state index in [0.717, 1.165) is 23.3 Å². The number of nitrogens with zero attached hydrogens (tertiary/aromatic N) is 1. The summed E-state index contributed by atoms with van der Waals surface area (Å²) in [7, 11) is 0. The van der Waals surface area contributed by atoms with Gasteiger partial charge in [-0.2, -0.15) is 0 Å². The molecule has 9 heteroatoms. The average Bonchev–Trinajstić information content (AvgIpc) is 3.51. The lowest BCUT2D eigenvalue weighted by Gasteiger charge is -2.20. The Morgan fingerprint density at radius 3 is 2.45 bits per heavy atom. The molecule has 4 amide bonds. The number of benzene rings is 1. The first kappa shape index (κ1) is 20.5. The van der Waals surface area contributed by atoms with Crippen molar-refractivity contribution in [1.82, 2.24) is 15.5 Å². The Labute approximate surface area is 167 Å². The molecule has 0 radical (unpaired) electrons. The van der Waals surface area contributed by atoms with E-state index in [2.05, 4.69) is 10.6 Å². The fourth-order valence-corrected chi connectivity index (χ4v) is 3.24. The fourth-order valence-electron chi connectivity index (χ4n) is 3.24.